The molecule has 0 radical (unpaired) electrons. The van der Waals surface area contributed by atoms with Gasteiger partial charge in [0.05, 0.1) is 18.4 Å². The van der Waals surface area contributed by atoms with Crippen molar-refractivity contribution in [3.05, 3.63) is 53.6 Å². The summed E-state index contributed by atoms with van der Waals surface area (Å²) in [6.45, 7) is 2.07. The fourth-order valence-corrected chi connectivity index (χ4v) is 2.09. The second-order valence-corrected chi connectivity index (χ2v) is 5.36. The number of benzene rings is 2. The minimum absolute atomic E-state index is 0.194. The first kappa shape index (κ1) is 20.7. The molecule has 0 aromatic heterocycles. The third-order valence-electron chi connectivity index (χ3n) is 3.35. The van der Waals surface area contributed by atoms with E-state index in [-0.39, 0.29) is 22.7 Å². The number of anilines is 1. The van der Waals surface area contributed by atoms with Gasteiger partial charge in [0.1, 0.15) is 0 Å². The number of carbonyl (C=O) groups is 2. The van der Waals surface area contributed by atoms with E-state index in [2.05, 4.69) is 5.10 Å². The van der Waals surface area contributed by atoms with Crippen LogP contribution in [-0.4, -0.2) is 29.7 Å². The Morgan fingerprint density at radius 3 is 2.57 bits per heavy atom. The lowest BCUT2D eigenvalue weighted by Gasteiger charge is -2.09. The van der Waals surface area contributed by atoms with Crippen molar-refractivity contribution in [1.82, 2.24) is 5.43 Å². The fraction of sp³-hybridized carbons (Fsp3) is 0.167. The highest BCUT2D eigenvalue weighted by Gasteiger charge is 2.30. The van der Waals surface area contributed by atoms with Gasteiger partial charge in [-0.15, -0.1) is 0 Å². The predicted octanol–water partition coefficient (Wildman–Crippen LogP) is 2.90. The van der Waals surface area contributed by atoms with Gasteiger partial charge in [0.2, 0.25) is 0 Å². The molecule has 2 amide bonds. The molecule has 0 spiro atoms. The topological polar surface area (TPSA) is 100 Å². The highest BCUT2D eigenvalue weighted by Crippen LogP contribution is 2.30. The highest BCUT2D eigenvalue weighted by atomic mass is 19.4. The second-order valence-electron chi connectivity index (χ2n) is 5.36. The van der Waals surface area contributed by atoms with Crippen LogP contribution in [0.25, 0.3) is 0 Å². The van der Waals surface area contributed by atoms with Gasteiger partial charge in [0.25, 0.3) is 0 Å². The van der Waals surface area contributed by atoms with Gasteiger partial charge in [-0.2, -0.15) is 18.3 Å². The lowest BCUT2D eigenvalue weighted by atomic mass is 10.2. The van der Waals surface area contributed by atoms with Crippen molar-refractivity contribution in [2.75, 3.05) is 11.9 Å². The molecular weight excluding hydrogens is 379 g/mol. The second kappa shape index (κ2) is 8.89. The molecule has 28 heavy (non-hydrogen) atoms. The van der Waals surface area contributed by atoms with Gasteiger partial charge in [-0.05, 0) is 37.3 Å². The van der Waals surface area contributed by atoms with E-state index in [1.165, 1.54) is 18.2 Å². The summed E-state index contributed by atoms with van der Waals surface area (Å²) in [6.07, 6.45) is -3.49. The number of ether oxygens (including phenoxy) is 1. The number of rotatable bonds is 5. The minimum Gasteiger partial charge on any atom is -0.504 e. The first-order valence-electron chi connectivity index (χ1n) is 7.98. The normalized spacial score (nSPS) is 11.3. The number of hydrogen-bond donors (Lipinski definition) is 3. The van der Waals surface area contributed by atoms with Crippen molar-refractivity contribution in [3.8, 4) is 11.5 Å². The first-order valence-corrected chi connectivity index (χ1v) is 7.98. The van der Waals surface area contributed by atoms with E-state index in [0.717, 1.165) is 18.3 Å². The van der Waals surface area contributed by atoms with Gasteiger partial charge in [-0.3, -0.25) is 9.59 Å². The Hall–Kier alpha value is -3.56. The van der Waals surface area contributed by atoms with Crippen molar-refractivity contribution >= 4 is 23.7 Å². The van der Waals surface area contributed by atoms with Gasteiger partial charge in [0.15, 0.2) is 11.5 Å². The molecular formula is C18H16F3N3O4. The van der Waals surface area contributed by atoms with E-state index in [1.807, 2.05) is 10.7 Å². The zero-order valence-corrected chi connectivity index (χ0v) is 14.6. The van der Waals surface area contributed by atoms with Crippen LogP contribution in [0.2, 0.25) is 0 Å². The molecule has 0 unspecified atom stereocenters. The molecule has 0 saturated heterocycles. The van der Waals surface area contributed by atoms with Crippen LogP contribution >= 0.6 is 0 Å². The smallest absolute Gasteiger partial charge is 0.416 e. The zero-order chi connectivity index (χ0) is 20.7. The molecule has 0 saturated carbocycles. The summed E-state index contributed by atoms with van der Waals surface area (Å²) in [6, 6.07) is 8.47. The molecule has 0 aliphatic heterocycles. The highest BCUT2D eigenvalue weighted by molar-refractivity contribution is 6.39. The third kappa shape index (κ3) is 5.47. The van der Waals surface area contributed by atoms with Gasteiger partial charge < -0.3 is 15.2 Å². The van der Waals surface area contributed by atoms with E-state index in [9.17, 15) is 27.9 Å². The molecule has 2 rings (SSSR count). The molecule has 148 valence electrons. The van der Waals surface area contributed by atoms with Crippen LogP contribution in [0.1, 0.15) is 18.1 Å². The number of amides is 2. The Morgan fingerprint density at radius 2 is 1.89 bits per heavy atom. The van der Waals surface area contributed by atoms with E-state index >= 15 is 0 Å². The number of nitrogens with one attached hydrogen (secondary N) is 2. The maximum Gasteiger partial charge on any atom is 0.416 e. The molecule has 0 bridgehead atoms. The zero-order valence-electron chi connectivity index (χ0n) is 14.6. The summed E-state index contributed by atoms with van der Waals surface area (Å²) in [4.78, 5) is 23.5. The summed E-state index contributed by atoms with van der Waals surface area (Å²) >= 11 is 0. The quantitative estimate of drug-likeness (QED) is 0.412. The van der Waals surface area contributed by atoms with Crippen LogP contribution < -0.4 is 15.5 Å². The molecule has 0 fully saturated rings. The number of aromatic hydroxyl groups is 1. The average molecular weight is 395 g/mol. The van der Waals surface area contributed by atoms with Crippen LogP contribution in [0.15, 0.2) is 47.6 Å². The van der Waals surface area contributed by atoms with Crippen LogP contribution in [0.5, 0.6) is 11.5 Å². The van der Waals surface area contributed by atoms with Crippen molar-refractivity contribution in [2.45, 2.75) is 13.1 Å². The van der Waals surface area contributed by atoms with Gasteiger partial charge >= 0.3 is 18.0 Å². The molecule has 7 nitrogen and oxygen atoms in total. The number of hydrogen-bond acceptors (Lipinski definition) is 5. The van der Waals surface area contributed by atoms with Crippen LogP contribution in [0.4, 0.5) is 18.9 Å². The summed E-state index contributed by atoms with van der Waals surface area (Å²) in [5, 5.41) is 15.6. The summed E-state index contributed by atoms with van der Waals surface area (Å²) < 4.78 is 43.2. The number of hydrazone groups is 1. The molecule has 2 aromatic carbocycles. The number of carbonyl (C=O) groups excluding carboxylic acids is 2. The summed E-state index contributed by atoms with van der Waals surface area (Å²) in [5.74, 6) is -2.38. The van der Waals surface area contributed by atoms with Crippen molar-refractivity contribution in [1.29, 1.82) is 0 Å². The number of phenolic OH excluding ortho intramolecular Hbond substituents is 1. The Morgan fingerprint density at radius 1 is 1.18 bits per heavy atom. The van der Waals surface area contributed by atoms with E-state index < -0.39 is 23.6 Å². The average Bonchev–Trinajstić information content (AvgIpc) is 2.64. The van der Waals surface area contributed by atoms with E-state index in [0.29, 0.717) is 12.7 Å². The Bertz CT molecular complexity index is 898. The number of halogens is 3. The van der Waals surface area contributed by atoms with Gasteiger partial charge in [-0.25, -0.2) is 5.43 Å². The Labute approximate surface area is 157 Å². The molecule has 2 aromatic rings. The predicted molar refractivity (Wildman–Crippen MR) is 95.1 cm³/mol. The molecule has 0 heterocycles. The van der Waals surface area contributed by atoms with E-state index in [1.54, 1.807) is 13.0 Å². The number of para-hydroxylation sites is 1. The maximum absolute atomic E-state index is 12.7. The lowest BCUT2D eigenvalue weighted by Crippen LogP contribution is -2.32. The van der Waals surface area contributed by atoms with Crippen molar-refractivity contribution < 1.29 is 32.6 Å². The first-order chi connectivity index (χ1) is 13.2. The Kier molecular flexibility index (Phi) is 6.59. The maximum atomic E-state index is 12.7. The number of alkyl halides is 3. The number of phenols is 1. The standard InChI is InChI=1S/C18H16F3N3O4/c1-2-28-14-8-3-5-11(15(14)25)10-22-24-17(27)16(26)23-13-7-4-6-12(9-13)18(19,20)21/h3-10,25H,2H2,1H3,(H,23,26)(H,24,27)/b22-10+. The minimum atomic E-state index is -4.58. The lowest BCUT2D eigenvalue weighted by molar-refractivity contribution is -0.137. The van der Waals surface area contributed by atoms with E-state index in [4.69, 9.17) is 4.74 Å². The molecule has 3 N–H and O–H groups in total. The van der Waals surface area contributed by atoms with Crippen LogP contribution in [-0.2, 0) is 15.8 Å². The largest absolute Gasteiger partial charge is 0.504 e. The van der Waals surface area contributed by atoms with Gasteiger partial charge in [0, 0.05) is 11.3 Å². The van der Waals surface area contributed by atoms with Crippen molar-refractivity contribution in [2.24, 2.45) is 5.10 Å². The van der Waals surface area contributed by atoms with Crippen LogP contribution in [0.3, 0.4) is 0 Å². The van der Waals surface area contributed by atoms with Crippen molar-refractivity contribution in [3.63, 3.8) is 0 Å². The molecule has 0 aliphatic carbocycles. The van der Waals surface area contributed by atoms with Crippen LogP contribution in [0, 0.1) is 0 Å². The Balaban J connectivity index is 1.99. The number of nitrogens with zero attached hydrogens (tertiary/aromatic N) is 1. The molecule has 10 heteroatoms. The SMILES string of the molecule is CCOc1cccc(/C=N/NC(=O)C(=O)Nc2cccc(C(F)(F)F)c2)c1O. The van der Waals surface area contributed by atoms with Gasteiger partial charge in [-0.1, -0.05) is 12.1 Å². The molecule has 0 atom stereocenters. The monoisotopic (exact) mass is 395 g/mol. The third-order valence-corrected chi connectivity index (χ3v) is 3.35. The summed E-state index contributed by atoms with van der Waals surface area (Å²) in [7, 11) is 0. The summed E-state index contributed by atoms with van der Waals surface area (Å²) in [5.41, 5.74) is 0.987. The fourth-order valence-electron chi connectivity index (χ4n) is 2.09. The molecule has 0 aliphatic rings.